The summed E-state index contributed by atoms with van der Waals surface area (Å²) in [5.74, 6) is -0.242. The number of nitrogen functional groups attached to an aromatic ring is 1. The predicted octanol–water partition coefficient (Wildman–Crippen LogP) is 6.10. The van der Waals surface area contributed by atoms with E-state index in [0.29, 0.717) is 33.9 Å². The van der Waals surface area contributed by atoms with E-state index in [1.54, 1.807) is 25.4 Å². The molecular weight excluding hydrogens is 550 g/mol. The molecule has 3 N–H and O–H groups in total. The van der Waals surface area contributed by atoms with E-state index in [9.17, 15) is 14.4 Å². The van der Waals surface area contributed by atoms with E-state index in [4.69, 9.17) is 10.7 Å². The summed E-state index contributed by atoms with van der Waals surface area (Å²) in [5.41, 5.74) is 12.9. The van der Waals surface area contributed by atoms with Gasteiger partial charge >= 0.3 is 0 Å². The van der Waals surface area contributed by atoms with Gasteiger partial charge < -0.3 is 20.5 Å². The Kier molecular flexibility index (Phi) is 8.72. The third-order valence-electron chi connectivity index (χ3n) is 8.37. The SMILES string of the molecule is Cc1c(NC(=O)c2ccc(C(C)(C)C)cc2)cccc1-c1cn(C)c(=O)c(Cc2ccc(C(=O)N3CCCCC3)c(N)c2)n1. The fraction of sp³-hybridized carbons (Fsp3) is 0.333. The summed E-state index contributed by atoms with van der Waals surface area (Å²) in [5, 5.41) is 3.04. The van der Waals surface area contributed by atoms with Gasteiger partial charge in [-0.2, -0.15) is 0 Å². The molecule has 2 amide bonds. The van der Waals surface area contributed by atoms with Gasteiger partial charge in [-0.25, -0.2) is 4.98 Å². The highest BCUT2D eigenvalue weighted by Crippen LogP contribution is 2.29. The van der Waals surface area contributed by atoms with Crippen molar-refractivity contribution < 1.29 is 9.59 Å². The standard InChI is InChI=1S/C36H41N5O3/c1-23-27(10-9-11-30(23)39-33(42)25-13-15-26(16-14-25)36(2,3)4)32-22-40(5)35(44)31(38-32)21-24-12-17-28(29(37)20-24)34(43)41-18-7-6-8-19-41/h9-17,20,22H,6-8,18-19,21,37H2,1-5H3,(H,39,42). The summed E-state index contributed by atoms with van der Waals surface area (Å²) in [4.78, 5) is 45.9. The quantitative estimate of drug-likeness (QED) is 0.263. The highest BCUT2D eigenvalue weighted by Gasteiger charge is 2.21. The number of benzene rings is 3. The second-order valence-electron chi connectivity index (χ2n) is 12.7. The van der Waals surface area contributed by atoms with Crippen molar-refractivity contribution in [3.05, 3.63) is 111 Å². The molecule has 2 heterocycles. The zero-order valence-electron chi connectivity index (χ0n) is 26.2. The minimum Gasteiger partial charge on any atom is -0.398 e. The van der Waals surface area contributed by atoms with Crippen LogP contribution in [-0.2, 0) is 18.9 Å². The minimum atomic E-state index is -0.207. The highest BCUT2D eigenvalue weighted by atomic mass is 16.2. The molecule has 0 aliphatic carbocycles. The van der Waals surface area contributed by atoms with Gasteiger partial charge in [0.05, 0.1) is 11.3 Å². The Balaban J connectivity index is 1.38. The molecule has 0 radical (unpaired) electrons. The third-order valence-corrected chi connectivity index (χ3v) is 8.37. The number of amides is 2. The van der Waals surface area contributed by atoms with Crippen LogP contribution in [0.1, 0.15) is 83.1 Å². The van der Waals surface area contributed by atoms with Crippen molar-refractivity contribution in [2.45, 2.75) is 58.8 Å². The number of rotatable bonds is 6. The van der Waals surface area contributed by atoms with Crippen molar-refractivity contribution in [1.82, 2.24) is 14.5 Å². The Hall–Kier alpha value is -4.72. The van der Waals surface area contributed by atoms with Crippen LogP contribution < -0.4 is 16.6 Å². The van der Waals surface area contributed by atoms with Crippen LogP contribution in [0.2, 0.25) is 0 Å². The molecule has 1 saturated heterocycles. The van der Waals surface area contributed by atoms with Crippen molar-refractivity contribution in [2.75, 3.05) is 24.1 Å². The molecule has 0 bridgehead atoms. The molecule has 44 heavy (non-hydrogen) atoms. The van der Waals surface area contributed by atoms with Crippen molar-refractivity contribution in [1.29, 1.82) is 0 Å². The molecule has 0 atom stereocenters. The van der Waals surface area contributed by atoms with Crippen LogP contribution >= 0.6 is 0 Å². The molecule has 8 nitrogen and oxygen atoms in total. The third kappa shape index (κ3) is 6.59. The van der Waals surface area contributed by atoms with Gasteiger partial charge in [0.2, 0.25) is 0 Å². The van der Waals surface area contributed by atoms with E-state index in [1.165, 1.54) is 4.57 Å². The lowest BCUT2D eigenvalue weighted by atomic mass is 9.86. The second kappa shape index (κ2) is 12.5. The lowest BCUT2D eigenvalue weighted by Gasteiger charge is -2.27. The van der Waals surface area contributed by atoms with Crippen LogP contribution in [0.4, 0.5) is 11.4 Å². The van der Waals surface area contributed by atoms with Gasteiger partial charge in [0, 0.05) is 55.3 Å². The maximum atomic E-state index is 13.1. The van der Waals surface area contributed by atoms with Gasteiger partial charge in [0.15, 0.2) is 0 Å². The van der Waals surface area contributed by atoms with E-state index in [0.717, 1.165) is 54.6 Å². The normalized spacial score (nSPS) is 13.5. The van der Waals surface area contributed by atoms with Crippen molar-refractivity contribution in [3.8, 4) is 11.3 Å². The van der Waals surface area contributed by atoms with Gasteiger partial charge in [-0.05, 0) is 78.6 Å². The minimum absolute atomic E-state index is 0.00348. The Bertz CT molecular complexity index is 1760. The number of piperidine rings is 1. The number of likely N-dealkylation sites (tertiary alicyclic amines) is 1. The molecule has 1 fully saturated rings. The van der Waals surface area contributed by atoms with Crippen LogP contribution in [0, 0.1) is 6.92 Å². The molecule has 1 aliphatic rings. The zero-order chi connectivity index (χ0) is 31.6. The number of nitrogens with two attached hydrogens (primary N) is 1. The largest absolute Gasteiger partial charge is 0.398 e. The van der Waals surface area contributed by atoms with Gasteiger partial charge in [-0.3, -0.25) is 14.4 Å². The van der Waals surface area contributed by atoms with Crippen molar-refractivity contribution in [2.24, 2.45) is 7.05 Å². The topological polar surface area (TPSA) is 110 Å². The average molecular weight is 592 g/mol. The van der Waals surface area contributed by atoms with Gasteiger partial charge in [0.25, 0.3) is 17.4 Å². The summed E-state index contributed by atoms with van der Waals surface area (Å²) in [6.07, 6.45) is 5.14. The van der Waals surface area contributed by atoms with Crippen LogP contribution in [-0.4, -0.2) is 39.4 Å². The lowest BCUT2D eigenvalue weighted by Crippen LogP contribution is -2.36. The van der Waals surface area contributed by atoms with Gasteiger partial charge in [-0.1, -0.05) is 51.1 Å². The lowest BCUT2D eigenvalue weighted by molar-refractivity contribution is 0.0725. The summed E-state index contributed by atoms with van der Waals surface area (Å²) in [7, 11) is 1.70. The number of anilines is 2. The van der Waals surface area contributed by atoms with E-state index in [-0.39, 0.29) is 29.2 Å². The first-order valence-corrected chi connectivity index (χ1v) is 15.2. The average Bonchev–Trinajstić information content (AvgIpc) is 3.00. The first-order valence-electron chi connectivity index (χ1n) is 15.2. The van der Waals surface area contributed by atoms with Crippen LogP contribution in [0.5, 0.6) is 0 Å². The molecule has 4 aromatic rings. The second-order valence-corrected chi connectivity index (χ2v) is 12.7. The molecule has 1 aromatic heterocycles. The zero-order valence-corrected chi connectivity index (χ0v) is 26.2. The first-order chi connectivity index (χ1) is 20.9. The van der Waals surface area contributed by atoms with Crippen LogP contribution in [0.3, 0.4) is 0 Å². The molecule has 0 unspecified atom stereocenters. The maximum Gasteiger partial charge on any atom is 0.272 e. The number of carbonyl (C=O) groups excluding carboxylic acids is 2. The summed E-state index contributed by atoms with van der Waals surface area (Å²) >= 11 is 0. The predicted molar refractivity (Wildman–Crippen MR) is 176 cm³/mol. The monoisotopic (exact) mass is 591 g/mol. The number of hydrogen-bond donors (Lipinski definition) is 2. The summed E-state index contributed by atoms with van der Waals surface area (Å²) in [6, 6.07) is 18.7. The smallest absolute Gasteiger partial charge is 0.272 e. The Labute approximate surface area is 258 Å². The van der Waals surface area contributed by atoms with Crippen molar-refractivity contribution >= 4 is 23.2 Å². The maximum absolute atomic E-state index is 13.1. The molecule has 3 aromatic carbocycles. The number of hydrogen-bond acceptors (Lipinski definition) is 5. The van der Waals surface area contributed by atoms with Gasteiger partial charge in [0.1, 0.15) is 5.69 Å². The fourth-order valence-electron chi connectivity index (χ4n) is 5.65. The molecule has 228 valence electrons. The Morgan fingerprint density at radius 1 is 0.977 bits per heavy atom. The molecule has 1 aliphatic heterocycles. The van der Waals surface area contributed by atoms with Crippen molar-refractivity contribution in [3.63, 3.8) is 0 Å². The summed E-state index contributed by atoms with van der Waals surface area (Å²) < 4.78 is 1.52. The van der Waals surface area contributed by atoms with E-state index < -0.39 is 0 Å². The van der Waals surface area contributed by atoms with E-state index in [1.807, 2.05) is 60.4 Å². The number of aromatic nitrogens is 2. The Morgan fingerprint density at radius 2 is 1.68 bits per heavy atom. The number of carbonyl (C=O) groups is 2. The molecule has 0 saturated carbocycles. The fourth-order valence-corrected chi connectivity index (χ4v) is 5.65. The van der Waals surface area contributed by atoms with E-state index >= 15 is 0 Å². The molecular formula is C36H41N5O3. The van der Waals surface area contributed by atoms with E-state index in [2.05, 4.69) is 26.1 Å². The molecule has 5 rings (SSSR count). The van der Waals surface area contributed by atoms with Gasteiger partial charge in [-0.15, -0.1) is 0 Å². The van der Waals surface area contributed by atoms with Crippen LogP contribution in [0.15, 0.2) is 71.7 Å². The molecule has 0 spiro atoms. The first kappa shape index (κ1) is 30.7. The molecule has 8 heteroatoms. The Morgan fingerprint density at radius 3 is 2.34 bits per heavy atom. The summed E-state index contributed by atoms with van der Waals surface area (Å²) in [6.45, 7) is 9.85. The number of nitrogens with one attached hydrogen (secondary N) is 1. The highest BCUT2D eigenvalue weighted by molar-refractivity contribution is 6.05. The van der Waals surface area contributed by atoms with Crippen LogP contribution in [0.25, 0.3) is 11.3 Å². The number of aryl methyl sites for hydroxylation is 1. The number of nitrogens with zero attached hydrogens (tertiary/aromatic N) is 3.